The molecule has 110 valence electrons. The standard InChI is InChI=1S/C13H24N2O3S/c1-3-4-5-12-13(16)15(10(2)14-12)8-11-6-7-19(17,18)9-11/h10-12,14H,3-9H2,1-2H3. The van der Waals surface area contributed by atoms with Crippen molar-refractivity contribution < 1.29 is 13.2 Å². The second-order valence-corrected chi connectivity index (χ2v) is 8.03. The number of hydrogen-bond donors (Lipinski definition) is 1. The van der Waals surface area contributed by atoms with E-state index in [0.29, 0.717) is 13.0 Å². The van der Waals surface area contributed by atoms with Crippen LogP contribution in [0.1, 0.15) is 39.5 Å². The highest BCUT2D eigenvalue weighted by Gasteiger charge is 2.38. The number of nitrogens with one attached hydrogen (secondary N) is 1. The molecule has 3 unspecified atom stereocenters. The molecule has 2 aliphatic heterocycles. The van der Waals surface area contributed by atoms with Crippen LogP contribution >= 0.6 is 0 Å². The van der Waals surface area contributed by atoms with Crippen LogP contribution in [0.4, 0.5) is 0 Å². The van der Waals surface area contributed by atoms with E-state index in [2.05, 4.69) is 12.2 Å². The third-order valence-electron chi connectivity index (χ3n) is 4.12. The Kier molecular flexibility index (Phi) is 4.50. The highest BCUT2D eigenvalue weighted by molar-refractivity contribution is 7.91. The largest absolute Gasteiger partial charge is 0.326 e. The Labute approximate surface area is 115 Å². The normalized spacial score (nSPS) is 34.1. The SMILES string of the molecule is CCCCC1NC(C)N(CC2CCS(=O)(=O)C2)C1=O. The second kappa shape index (κ2) is 5.79. The van der Waals surface area contributed by atoms with Crippen LogP contribution in [0.25, 0.3) is 0 Å². The van der Waals surface area contributed by atoms with E-state index in [1.165, 1.54) is 0 Å². The van der Waals surface area contributed by atoms with Gasteiger partial charge in [0.05, 0.1) is 23.7 Å². The van der Waals surface area contributed by atoms with E-state index < -0.39 is 9.84 Å². The lowest BCUT2D eigenvalue weighted by molar-refractivity contribution is -0.130. The lowest BCUT2D eigenvalue weighted by atomic mass is 10.1. The minimum Gasteiger partial charge on any atom is -0.326 e. The van der Waals surface area contributed by atoms with Gasteiger partial charge >= 0.3 is 0 Å². The molecule has 0 bridgehead atoms. The quantitative estimate of drug-likeness (QED) is 0.811. The third kappa shape index (κ3) is 3.48. The molecule has 3 atom stereocenters. The zero-order valence-electron chi connectivity index (χ0n) is 11.8. The number of carbonyl (C=O) groups excluding carboxylic acids is 1. The molecule has 19 heavy (non-hydrogen) atoms. The predicted molar refractivity (Wildman–Crippen MR) is 74.4 cm³/mol. The van der Waals surface area contributed by atoms with E-state index in [0.717, 1.165) is 19.3 Å². The molecule has 0 aromatic carbocycles. The summed E-state index contributed by atoms with van der Waals surface area (Å²) >= 11 is 0. The Morgan fingerprint density at radius 3 is 2.74 bits per heavy atom. The van der Waals surface area contributed by atoms with Crippen molar-refractivity contribution in [3.05, 3.63) is 0 Å². The van der Waals surface area contributed by atoms with Crippen molar-refractivity contribution in [3.8, 4) is 0 Å². The summed E-state index contributed by atoms with van der Waals surface area (Å²) in [6.07, 6.45) is 3.72. The van der Waals surface area contributed by atoms with Gasteiger partial charge in [-0.3, -0.25) is 10.1 Å². The monoisotopic (exact) mass is 288 g/mol. The van der Waals surface area contributed by atoms with Gasteiger partial charge in [0.15, 0.2) is 9.84 Å². The molecule has 0 aliphatic carbocycles. The number of sulfone groups is 1. The molecule has 2 saturated heterocycles. The Bertz CT molecular complexity index is 435. The molecule has 0 spiro atoms. The fourth-order valence-electron chi connectivity index (χ4n) is 3.00. The molecule has 0 radical (unpaired) electrons. The lowest BCUT2D eigenvalue weighted by Gasteiger charge is -2.23. The van der Waals surface area contributed by atoms with Crippen molar-refractivity contribution in [2.24, 2.45) is 5.92 Å². The Hall–Kier alpha value is -0.620. The van der Waals surface area contributed by atoms with Crippen LogP contribution in [0.5, 0.6) is 0 Å². The van der Waals surface area contributed by atoms with Crippen LogP contribution < -0.4 is 5.32 Å². The van der Waals surface area contributed by atoms with Crippen molar-refractivity contribution in [1.82, 2.24) is 10.2 Å². The van der Waals surface area contributed by atoms with Gasteiger partial charge < -0.3 is 4.90 Å². The fourth-order valence-corrected chi connectivity index (χ4v) is 4.85. The molecule has 5 nitrogen and oxygen atoms in total. The maximum atomic E-state index is 12.3. The van der Waals surface area contributed by atoms with Gasteiger partial charge in [-0.25, -0.2) is 8.42 Å². The number of carbonyl (C=O) groups is 1. The smallest absolute Gasteiger partial charge is 0.241 e. The minimum absolute atomic E-state index is 0.0256. The van der Waals surface area contributed by atoms with Crippen LogP contribution in [-0.2, 0) is 14.6 Å². The van der Waals surface area contributed by atoms with E-state index in [4.69, 9.17) is 0 Å². The van der Waals surface area contributed by atoms with Gasteiger partial charge in [-0.2, -0.15) is 0 Å². The summed E-state index contributed by atoms with van der Waals surface area (Å²) in [7, 11) is -2.86. The van der Waals surface area contributed by atoms with E-state index in [1.54, 1.807) is 0 Å². The second-order valence-electron chi connectivity index (χ2n) is 5.80. The van der Waals surface area contributed by atoms with Gasteiger partial charge in [-0.1, -0.05) is 19.8 Å². The van der Waals surface area contributed by atoms with Crippen molar-refractivity contribution >= 4 is 15.7 Å². The first-order valence-corrected chi connectivity index (χ1v) is 9.02. The van der Waals surface area contributed by atoms with Crippen molar-refractivity contribution in [2.75, 3.05) is 18.1 Å². The number of unbranched alkanes of at least 4 members (excludes halogenated alkanes) is 1. The highest BCUT2D eigenvalue weighted by atomic mass is 32.2. The van der Waals surface area contributed by atoms with Gasteiger partial charge in [0.1, 0.15) is 0 Å². The predicted octanol–water partition coefficient (Wildman–Crippen LogP) is 0.758. The first-order valence-electron chi connectivity index (χ1n) is 7.20. The minimum atomic E-state index is -2.86. The van der Waals surface area contributed by atoms with Crippen LogP contribution in [0.2, 0.25) is 0 Å². The molecule has 1 amide bonds. The summed E-state index contributed by atoms with van der Waals surface area (Å²) in [5.41, 5.74) is 0. The van der Waals surface area contributed by atoms with E-state index >= 15 is 0 Å². The molecule has 0 saturated carbocycles. The molecule has 2 aliphatic rings. The maximum absolute atomic E-state index is 12.3. The van der Waals surface area contributed by atoms with Crippen molar-refractivity contribution in [1.29, 1.82) is 0 Å². The molecular weight excluding hydrogens is 264 g/mol. The molecule has 1 N–H and O–H groups in total. The maximum Gasteiger partial charge on any atom is 0.241 e. The Balaban J connectivity index is 1.92. The summed E-state index contributed by atoms with van der Waals surface area (Å²) in [5, 5.41) is 3.31. The van der Waals surface area contributed by atoms with Crippen molar-refractivity contribution in [2.45, 2.75) is 51.7 Å². The number of hydrogen-bond acceptors (Lipinski definition) is 4. The van der Waals surface area contributed by atoms with E-state index in [-0.39, 0.29) is 35.5 Å². The highest BCUT2D eigenvalue weighted by Crippen LogP contribution is 2.23. The molecular formula is C13H24N2O3S. The Morgan fingerprint density at radius 1 is 1.42 bits per heavy atom. The summed E-state index contributed by atoms with van der Waals surface area (Å²) in [4.78, 5) is 14.1. The van der Waals surface area contributed by atoms with E-state index in [1.807, 2.05) is 11.8 Å². The van der Waals surface area contributed by atoms with Gasteiger partial charge in [-0.05, 0) is 25.7 Å². The zero-order chi connectivity index (χ0) is 14.0. The summed E-state index contributed by atoms with van der Waals surface area (Å²) in [5.74, 6) is 0.776. The molecule has 6 heteroatoms. The average molecular weight is 288 g/mol. The first-order chi connectivity index (χ1) is 8.93. The van der Waals surface area contributed by atoms with Gasteiger partial charge in [0, 0.05) is 6.54 Å². The molecule has 2 rings (SSSR count). The van der Waals surface area contributed by atoms with Crippen LogP contribution in [0.15, 0.2) is 0 Å². The lowest BCUT2D eigenvalue weighted by Crippen LogP contribution is -2.38. The number of rotatable bonds is 5. The first kappa shape index (κ1) is 14.8. The third-order valence-corrected chi connectivity index (χ3v) is 5.96. The van der Waals surface area contributed by atoms with Gasteiger partial charge in [0.2, 0.25) is 5.91 Å². The van der Waals surface area contributed by atoms with Crippen LogP contribution in [-0.4, -0.2) is 49.5 Å². The Morgan fingerprint density at radius 2 is 2.16 bits per heavy atom. The van der Waals surface area contributed by atoms with Crippen LogP contribution in [0.3, 0.4) is 0 Å². The molecule has 2 heterocycles. The molecule has 2 fully saturated rings. The average Bonchev–Trinajstić information content (AvgIpc) is 2.81. The molecule has 0 aromatic heterocycles. The topological polar surface area (TPSA) is 66.5 Å². The zero-order valence-corrected chi connectivity index (χ0v) is 12.6. The number of amides is 1. The van der Waals surface area contributed by atoms with E-state index in [9.17, 15) is 13.2 Å². The summed E-state index contributed by atoms with van der Waals surface area (Å²) in [6.45, 7) is 4.67. The number of nitrogens with zero attached hydrogens (tertiary/aromatic N) is 1. The van der Waals surface area contributed by atoms with Crippen LogP contribution in [0, 0.1) is 5.92 Å². The summed E-state index contributed by atoms with van der Waals surface area (Å²) < 4.78 is 22.9. The van der Waals surface area contributed by atoms with Crippen molar-refractivity contribution in [3.63, 3.8) is 0 Å². The van der Waals surface area contributed by atoms with Gasteiger partial charge in [0.25, 0.3) is 0 Å². The fraction of sp³-hybridized carbons (Fsp3) is 0.923. The summed E-state index contributed by atoms with van der Waals surface area (Å²) in [6, 6.07) is -0.0760. The van der Waals surface area contributed by atoms with Gasteiger partial charge in [-0.15, -0.1) is 0 Å². The molecule has 0 aromatic rings.